The highest BCUT2D eigenvalue weighted by molar-refractivity contribution is 6.10. The molecule has 25 heavy (non-hydrogen) atoms. The minimum atomic E-state index is -0.616. The van der Waals surface area contributed by atoms with Crippen LogP contribution in [0, 0.1) is 5.92 Å². The maximum atomic E-state index is 12.8. The number of hydrogen-bond donors (Lipinski definition) is 3. The molecule has 3 N–H and O–H groups in total. The zero-order valence-corrected chi connectivity index (χ0v) is 14.5. The topological polar surface area (TPSA) is 90.5 Å². The van der Waals surface area contributed by atoms with E-state index in [9.17, 15) is 14.4 Å². The first-order valence-corrected chi connectivity index (χ1v) is 8.77. The maximum Gasteiger partial charge on any atom is 0.323 e. The summed E-state index contributed by atoms with van der Waals surface area (Å²) in [6.45, 7) is 3.85. The zero-order valence-electron chi connectivity index (χ0n) is 14.5. The van der Waals surface area contributed by atoms with Gasteiger partial charge in [-0.15, -0.1) is 0 Å². The quantitative estimate of drug-likeness (QED) is 0.761. The average molecular weight is 344 g/mol. The van der Waals surface area contributed by atoms with Crippen LogP contribution in [0.2, 0.25) is 0 Å². The summed E-state index contributed by atoms with van der Waals surface area (Å²) in [6.07, 6.45) is 2.75. The Kier molecular flexibility index (Phi) is 4.92. The molecular formula is C18H24N4O3. The van der Waals surface area contributed by atoms with E-state index in [1.165, 1.54) is 4.90 Å². The number of amides is 4. The standard InChI is InChI=1S/C18H24N4O3/c1-3-11(2)16(17(24)19-12-8-9-12)21-18(25)22-10-15(23)20-13-6-4-5-7-14(13)22/h4-7,11-12,16H,3,8-10H2,1-2H3,(H,19,24)(H,20,23)(H,21,25)/t11?,16-/m0/s1. The molecule has 7 nitrogen and oxygen atoms in total. The molecule has 2 atom stereocenters. The number of nitrogens with one attached hydrogen (secondary N) is 3. The van der Waals surface area contributed by atoms with Crippen molar-refractivity contribution in [2.24, 2.45) is 5.92 Å². The molecule has 1 aliphatic carbocycles. The van der Waals surface area contributed by atoms with Crippen LogP contribution in [0.1, 0.15) is 33.1 Å². The largest absolute Gasteiger partial charge is 0.352 e. The smallest absolute Gasteiger partial charge is 0.323 e. The first-order chi connectivity index (χ1) is 12.0. The van der Waals surface area contributed by atoms with E-state index in [0.29, 0.717) is 11.4 Å². The van der Waals surface area contributed by atoms with Gasteiger partial charge in [0, 0.05) is 6.04 Å². The Hall–Kier alpha value is -2.57. The van der Waals surface area contributed by atoms with E-state index in [1.807, 2.05) is 19.9 Å². The molecular weight excluding hydrogens is 320 g/mol. The Balaban J connectivity index is 1.76. The summed E-state index contributed by atoms with van der Waals surface area (Å²) >= 11 is 0. The molecule has 0 aromatic heterocycles. The second kappa shape index (κ2) is 7.13. The molecule has 4 amide bonds. The van der Waals surface area contributed by atoms with Crippen molar-refractivity contribution in [3.63, 3.8) is 0 Å². The van der Waals surface area contributed by atoms with Gasteiger partial charge in [0.2, 0.25) is 11.8 Å². The third kappa shape index (κ3) is 3.92. The fourth-order valence-electron chi connectivity index (χ4n) is 2.85. The Labute approximate surface area is 147 Å². The van der Waals surface area contributed by atoms with Gasteiger partial charge in [-0.2, -0.15) is 0 Å². The van der Waals surface area contributed by atoms with Gasteiger partial charge < -0.3 is 16.0 Å². The minimum absolute atomic E-state index is 0.00318. The van der Waals surface area contributed by atoms with Gasteiger partial charge in [0.25, 0.3) is 0 Å². The van der Waals surface area contributed by atoms with E-state index < -0.39 is 12.1 Å². The lowest BCUT2D eigenvalue weighted by Crippen LogP contribution is -2.56. The van der Waals surface area contributed by atoms with Gasteiger partial charge in [0.05, 0.1) is 11.4 Å². The number of benzene rings is 1. The molecule has 3 rings (SSSR count). The number of rotatable bonds is 5. The number of fused-ring (bicyclic) bond motifs is 1. The Morgan fingerprint density at radius 3 is 2.72 bits per heavy atom. The summed E-state index contributed by atoms with van der Waals surface area (Å²) in [6, 6.07) is 6.31. The lowest BCUT2D eigenvalue weighted by atomic mass is 9.98. The van der Waals surface area contributed by atoms with Gasteiger partial charge in [-0.3, -0.25) is 14.5 Å². The Morgan fingerprint density at radius 2 is 2.04 bits per heavy atom. The summed E-state index contributed by atoms with van der Waals surface area (Å²) in [5.41, 5.74) is 1.22. The molecule has 1 unspecified atom stereocenters. The Morgan fingerprint density at radius 1 is 1.32 bits per heavy atom. The van der Waals surface area contributed by atoms with E-state index in [0.717, 1.165) is 19.3 Å². The summed E-state index contributed by atoms with van der Waals surface area (Å²) < 4.78 is 0. The van der Waals surface area contributed by atoms with Gasteiger partial charge >= 0.3 is 6.03 Å². The van der Waals surface area contributed by atoms with Crippen LogP contribution in [0.4, 0.5) is 16.2 Å². The number of para-hydroxylation sites is 2. The molecule has 0 saturated heterocycles. The SMILES string of the molecule is CCC(C)[C@H](NC(=O)N1CC(=O)Nc2ccccc21)C(=O)NC1CC1. The molecule has 0 spiro atoms. The second-order valence-corrected chi connectivity index (χ2v) is 6.75. The van der Waals surface area contributed by atoms with Crippen molar-refractivity contribution in [1.29, 1.82) is 0 Å². The van der Waals surface area contributed by atoms with E-state index in [1.54, 1.807) is 18.2 Å². The first-order valence-electron chi connectivity index (χ1n) is 8.77. The first kappa shape index (κ1) is 17.3. The zero-order chi connectivity index (χ0) is 18.0. The molecule has 0 radical (unpaired) electrons. The summed E-state index contributed by atoms with van der Waals surface area (Å²) in [4.78, 5) is 38.6. The van der Waals surface area contributed by atoms with Crippen LogP contribution in [0.15, 0.2) is 24.3 Å². The van der Waals surface area contributed by atoms with Crippen molar-refractivity contribution >= 4 is 29.2 Å². The van der Waals surface area contributed by atoms with Crippen LogP contribution in [0.3, 0.4) is 0 Å². The molecule has 1 heterocycles. The molecule has 1 aromatic rings. The van der Waals surface area contributed by atoms with E-state index in [-0.39, 0.29) is 30.3 Å². The molecule has 134 valence electrons. The van der Waals surface area contributed by atoms with Crippen LogP contribution in [0.5, 0.6) is 0 Å². The van der Waals surface area contributed by atoms with Crippen LogP contribution in [-0.2, 0) is 9.59 Å². The number of urea groups is 1. The lowest BCUT2D eigenvalue weighted by molar-refractivity contribution is -0.124. The maximum absolute atomic E-state index is 12.8. The number of anilines is 2. The van der Waals surface area contributed by atoms with Crippen molar-refractivity contribution in [3.05, 3.63) is 24.3 Å². The third-order valence-electron chi connectivity index (χ3n) is 4.71. The summed E-state index contributed by atoms with van der Waals surface area (Å²) in [7, 11) is 0. The van der Waals surface area contributed by atoms with Gasteiger partial charge in [-0.1, -0.05) is 32.4 Å². The number of hydrogen-bond acceptors (Lipinski definition) is 3. The highest BCUT2D eigenvalue weighted by Gasteiger charge is 2.34. The van der Waals surface area contributed by atoms with E-state index >= 15 is 0 Å². The molecule has 7 heteroatoms. The van der Waals surface area contributed by atoms with Crippen LogP contribution in [0.25, 0.3) is 0 Å². The fourth-order valence-corrected chi connectivity index (χ4v) is 2.85. The van der Waals surface area contributed by atoms with Crippen molar-refractivity contribution < 1.29 is 14.4 Å². The number of carbonyl (C=O) groups excluding carboxylic acids is 3. The highest BCUT2D eigenvalue weighted by Crippen LogP contribution is 2.29. The van der Waals surface area contributed by atoms with Crippen LogP contribution in [-0.4, -0.2) is 36.5 Å². The predicted molar refractivity (Wildman–Crippen MR) is 95.4 cm³/mol. The van der Waals surface area contributed by atoms with Crippen LogP contribution >= 0.6 is 0 Å². The molecule has 0 bridgehead atoms. The number of carbonyl (C=O) groups is 3. The molecule has 1 aliphatic heterocycles. The molecule has 1 saturated carbocycles. The van der Waals surface area contributed by atoms with Gasteiger partial charge in [-0.05, 0) is 30.9 Å². The average Bonchev–Trinajstić information content (AvgIpc) is 3.41. The van der Waals surface area contributed by atoms with Gasteiger partial charge in [0.1, 0.15) is 12.6 Å². The monoisotopic (exact) mass is 344 g/mol. The lowest BCUT2D eigenvalue weighted by Gasteiger charge is -2.32. The normalized spacial score (nSPS) is 18.6. The number of nitrogens with zero attached hydrogens (tertiary/aromatic N) is 1. The minimum Gasteiger partial charge on any atom is -0.352 e. The van der Waals surface area contributed by atoms with Gasteiger partial charge in [0.15, 0.2) is 0 Å². The van der Waals surface area contributed by atoms with E-state index in [2.05, 4.69) is 16.0 Å². The third-order valence-corrected chi connectivity index (χ3v) is 4.71. The summed E-state index contributed by atoms with van der Waals surface area (Å²) in [5, 5.41) is 8.53. The highest BCUT2D eigenvalue weighted by atomic mass is 16.2. The molecule has 1 fully saturated rings. The Bertz CT molecular complexity index is 687. The van der Waals surface area contributed by atoms with Crippen molar-refractivity contribution in [2.75, 3.05) is 16.8 Å². The van der Waals surface area contributed by atoms with E-state index in [4.69, 9.17) is 0 Å². The van der Waals surface area contributed by atoms with Gasteiger partial charge in [-0.25, -0.2) is 4.79 Å². The van der Waals surface area contributed by atoms with Crippen molar-refractivity contribution in [3.8, 4) is 0 Å². The van der Waals surface area contributed by atoms with Crippen molar-refractivity contribution in [1.82, 2.24) is 10.6 Å². The molecule has 2 aliphatic rings. The van der Waals surface area contributed by atoms with Crippen LogP contribution < -0.4 is 20.9 Å². The molecule has 1 aromatic carbocycles. The second-order valence-electron chi connectivity index (χ2n) is 6.75. The fraction of sp³-hybridized carbons (Fsp3) is 0.500. The summed E-state index contributed by atoms with van der Waals surface area (Å²) in [5.74, 6) is -0.409. The predicted octanol–water partition coefficient (Wildman–Crippen LogP) is 1.85. The van der Waals surface area contributed by atoms with Crippen molar-refractivity contribution in [2.45, 2.75) is 45.2 Å².